The number of nitrogens with zero attached hydrogens (tertiary/aromatic N) is 2. The summed E-state index contributed by atoms with van der Waals surface area (Å²) in [6.07, 6.45) is 0.986. The van der Waals surface area contributed by atoms with Crippen LogP contribution in [0.4, 0.5) is 10.1 Å². The Bertz CT molecular complexity index is 700. The van der Waals surface area contributed by atoms with Crippen LogP contribution in [0, 0.1) is 5.82 Å². The Morgan fingerprint density at radius 3 is 2.86 bits per heavy atom. The van der Waals surface area contributed by atoms with Crippen molar-refractivity contribution >= 4 is 11.5 Å². The third kappa shape index (κ3) is 2.54. The highest BCUT2D eigenvalue weighted by Gasteiger charge is 2.19. The van der Waals surface area contributed by atoms with Crippen LogP contribution in [0.3, 0.4) is 0 Å². The van der Waals surface area contributed by atoms with Gasteiger partial charge in [-0.3, -0.25) is 0 Å². The summed E-state index contributed by atoms with van der Waals surface area (Å²) in [6, 6.07) is 12.8. The second kappa shape index (κ2) is 5.44. The molecule has 21 heavy (non-hydrogen) atoms. The minimum Gasteiger partial charge on any atom is -0.409 e. The maximum atomic E-state index is 14.2. The number of oxime groups is 1. The van der Waals surface area contributed by atoms with Crippen LogP contribution in [0.5, 0.6) is 0 Å². The van der Waals surface area contributed by atoms with Gasteiger partial charge < -0.3 is 15.8 Å². The van der Waals surface area contributed by atoms with Crippen molar-refractivity contribution in [1.82, 2.24) is 0 Å². The highest BCUT2D eigenvalue weighted by Crippen LogP contribution is 2.29. The second-order valence-corrected chi connectivity index (χ2v) is 5.09. The number of anilines is 1. The van der Waals surface area contributed by atoms with E-state index >= 15 is 0 Å². The molecule has 3 rings (SSSR count). The smallest absolute Gasteiger partial charge is 0.170 e. The van der Waals surface area contributed by atoms with E-state index in [1.165, 1.54) is 11.6 Å². The first kappa shape index (κ1) is 13.4. The number of fused-ring (bicyclic) bond motifs is 1. The molecule has 0 unspecified atom stereocenters. The first-order valence-electron chi connectivity index (χ1n) is 6.78. The highest BCUT2D eigenvalue weighted by atomic mass is 19.1. The summed E-state index contributed by atoms with van der Waals surface area (Å²) in [6.45, 7) is 1.40. The van der Waals surface area contributed by atoms with E-state index in [9.17, 15) is 4.39 Å². The molecule has 0 saturated carbocycles. The van der Waals surface area contributed by atoms with E-state index in [-0.39, 0.29) is 11.7 Å². The van der Waals surface area contributed by atoms with E-state index in [2.05, 4.69) is 22.2 Å². The monoisotopic (exact) mass is 285 g/mol. The third-order valence-corrected chi connectivity index (χ3v) is 3.80. The van der Waals surface area contributed by atoms with Crippen molar-refractivity contribution in [2.75, 3.05) is 11.4 Å². The molecule has 0 amide bonds. The highest BCUT2D eigenvalue weighted by molar-refractivity contribution is 5.97. The Kier molecular flexibility index (Phi) is 3.48. The van der Waals surface area contributed by atoms with Gasteiger partial charge in [-0.05, 0) is 24.1 Å². The molecule has 0 aliphatic carbocycles. The molecule has 1 aliphatic rings. The Labute approximate surface area is 122 Å². The zero-order chi connectivity index (χ0) is 14.8. The first-order valence-corrected chi connectivity index (χ1v) is 6.78. The molecule has 108 valence electrons. The van der Waals surface area contributed by atoms with E-state index < -0.39 is 0 Å². The zero-order valence-electron chi connectivity index (χ0n) is 11.5. The SMILES string of the molecule is N/C(=N\O)c1ccc(CN2CCc3ccccc32)c(F)c1. The predicted molar refractivity (Wildman–Crippen MR) is 80.1 cm³/mol. The molecule has 4 nitrogen and oxygen atoms in total. The number of amidine groups is 1. The number of para-hydroxylation sites is 1. The lowest BCUT2D eigenvalue weighted by atomic mass is 10.1. The molecular weight excluding hydrogens is 269 g/mol. The van der Waals surface area contributed by atoms with Crippen LogP contribution in [0.1, 0.15) is 16.7 Å². The van der Waals surface area contributed by atoms with Gasteiger partial charge in [0.25, 0.3) is 0 Å². The molecule has 0 radical (unpaired) electrons. The molecule has 0 atom stereocenters. The summed E-state index contributed by atoms with van der Waals surface area (Å²) in [5.74, 6) is -0.435. The zero-order valence-corrected chi connectivity index (χ0v) is 11.5. The van der Waals surface area contributed by atoms with Gasteiger partial charge >= 0.3 is 0 Å². The van der Waals surface area contributed by atoms with Gasteiger partial charge in [0.1, 0.15) is 5.82 Å². The second-order valence-electron chi connectivity index (χ2n) is 5.09. The Balaban J connectivity index is 1.84. The largest absolute Gasteiger partial charge is 0.409 e. The van der Waals surface area contributed by atoms with Crippen molar-refractivity contribution in [3.05, 3.63) is 65.0 Å². The number of nitrogens with two attached hydrogens (primary N) is 1. The molecule has 3 N–H and O–H groups in total. The third-order valence-electron chi connectivity index (χ3n) is 3.80. The summed E-state index contributed by atoms with van der Waals surface area (Å²) in [5.41, 5.74) is 8.90. The molecule has 0 saturated heterocycles. The summed E-state index contributed by atoms with van der Waals surface area (Å²) in [7, 11) is 0. The minimum atomic E-state index is -0.344. The summed E-state index contributed by atoms with van der Waals surface area (Å²) < 4.78 is 14.2. The van der Waals surface area contributed by atoms with Gasteiger partial charge in [-0.25, -0.2) is 4.39 Å². The number of benzene rings is 2. The summed E-state index contributed by atoms with van der Waals surface area (Å²) in [5, 5.41) is 11.5. The molecule has 0 bridgehead atoms. The van der Waals surface area contributed by atoms with E-state index in [1.807, 2.05) is 12.1 Å². The Hall–Kier alpha value is -2.56. The maximum absolute atomic E-state index is 14.2. The molecule has 2 aromatic rings. The number of rotatable bonds is 3. The quantitative estimate of drug-likeness (QED) is 0.394. The maximum Gasteiger partial charge on any atom is 0.170 e. The molecule has 0 spiro atoms. The standard InChI is InChI=1S/C16H16FN3O/c17-14-9-12(16(18)19-21)5-6-13(14)10-20-8-7-11-3-1-2-4-15(11)20/h1-6,9,21H,7-8,10H2,(H2,18,19). The van der Waals surface area contributed by atoms with Crippen LogP contribution in [0.2, 0.25) is 0 Å². The van der Waals surface area contributed by atoms with Crippen molar-refractivity contribution in [3.63, 3.8) is 0 Å². The van der Waals surface area contributed by atoms with E-state index in [0.717, 1.165) is 18.7 Å². The lowest BCUT2D eigenvalue weighted by Crippen LogP contribution is -2.21. The van der Waals surface area contributed by atoms with Crippen molar-refractivity contribution in [2.45, 2.75) is 13.0 Å². The van der Waals surface area contributed by atoms with Crippen molar-refractivity contribution in [3.8, 4) is 0 Å². The van der Waals surface area contributed by atoms with Crippen LogP contribution in [0.15, 0.2) is 47.6 Å². The number of hydrogen-bond donors (Lipinski definition) is 2. The van der Waals surface area contributed by atoms with Gasteiger partial charge in [0.15, 0.2) is 5.84 Å². The predicted octanol–water partition coefficient (Wildman–Crippen LogP) is 2.48. The summed E-state index contributed by atoms with van der Waals surface area (Å²) in [4.78, 5) is 2.16. The molecule has 1 aliphatic heterocycles. The number of hydrogen-bond acceptors (Lipinski definition) is 3. The molecule has 5 heteroatoms. The average Bonchev–Trinajstić information content (AvgIpc) is 2.92. The van der Waals surface area contributed by atoms with Crippen molar-refractivity contribution < 1.29 is 9.60 Å². The summed E-state index contributed by atoms with van der Waals surface area (Å²) >= 11 is 0. The number of halogens is 1. The van der Waals surface area contributed by atoms with Gasteiger partial charge in [-0.2, -0.15) is 0 Å². The molecular formula is C16H16FN3O. The fourth-order valence-corrected chi connectivity index (χ4v) is 2.67. The van der Waals surface area contributed by atoms with E-state index in [1.54, 1.807) is 12.1 Å². The molecule has 1 heterocycles. The fraction of sp³-hybridized carbons (Fsp3) is 0.188. The van der Waals surface area contributed by atoms with Crippen molar-refractivity contribution in [1.29, 1.82) is 0 Å². The van der Waals surface area contributed by atoms with Crippen molar-refractivity contribution in [2.24, 2.45) is 10.9 Å². The van der Waals surface area contributed by atoms with Crippen LogP contribution in [0.25, 0.3) is 0 Å². The van der Waals surface area contributed by atoms with Gasteiger partial charge in [-0.1, -0.05) is 35.5 Å². The van der Waals surface area contributed by atoms with Gasteiger partial charge in [-0.15, -0.1) is 0 Å². The Morgan fingerprint density at radius 1 is 1.29 bits per heavy atom. The minimum absolute atomic E-state index is 0.0908. The Morgan fingerprint density at radius 2 is 2.10 bits per heavy atom. The van der Waals surface area contributed by atoms with Gasteiger partial charge in [0.05, 0.1) is 0 Å². The lowest BCUT2D eigenvalue weighted by molar-refractivity contribution is 0.318. The van der Waals surface area contributed by atoms with Gasteiger partial charge in [0, 0.05) is 29.9 Å². The normalized spacial score (nSPS) is 14.3. The van der Waals surface area contributed by atoms with Gasteiger partial charge in [0.2, 0.25) is 0 Å². The fourth-order valence-electron chi connectivity index (χ4n) is 2.67. The van der Waals surface area contributed by atoms with E-state index in [0.29, 0.717) is 17.7 Å². The van der Waals surface area contributed by atoms with Crippen LogP contribution in [-0.4, -0.2) is 17.6 Å². The average molecular weight is 285 g/mol. The van der Waals surface area contributed by atoms with E-state index in [4.69, 9.17) is 10.9 Å². The van der Waals surface area contributed by atoms with Crippen LogP contribution in [-0.2, 0) is 13.0 Å². The van der Waals surface area contributed by atoms with Crippen LogP contribution >= 0.6 is 0 Å². The molecule has 0 fully saturated rings. The lowest BCUT2D eigenvalue weighted by Gasteiger charge is -2.20. The molecule has 2 aromatic carbocycles. The molecule has 0 aromatic heterocycles. The van der Waals surface area contributed by atoms with Crippen LogP contribution < -0.4 is 10.6 Å². The topological polar surface area (TPSA) is 61.9 Å². The first-order chi connectivity index (χ1) is 10.2.